The Kier molecular flexibility index (Phi) is 7.41. The van der Waals surface area contributed by atoms with Gasteiger partial charge in [0.15, 0.2) is 0 Å². The highest BCUT2D eigenvalue weighted by Crippen LogP contribution is 2.44. The van der Waals surface area contributed by atoms with Crippen molar-refractivity contribution in [2.45, 2.75) is 52.6 Å². The molecule has 0 spiro atoms. The highest BCUT2D eigenvalue weighted by molar-refractivity contribution is 5.96. The predicted molar refractivity (Wildman–Crippen MR) is 101 cm³/mol. The Balaban J connectivity index is 2.35. The number of hydrogen-bond donors (Lipinski definition) is 2. The molecule has 0 unspecified atom stereocenters. The van der Waals surface area contributed by atoms with E-state index in [2.05, 4.69) is 5.32 Å². The molecule has 1 aliphatic heterocycles. The number of aliphatic hydroxyl groups is 1. The Hall–Kier alpha value is -1.89. The number of amides is 2. The SMILES string of the molecule is CCOC(=O)[C@H]1[C@H]2C(=O)N(CCCCO)[C@H](C(=O)NC(C)C)[C@H]2C=C[C@H]1C. The van der Waals surface area contributed by atoms with Crippen molar-refractivity contribution < 1.29 is 24.2 Å². The maximum Gasteiger partial charge on any atom is 0.310 e. The number of carbonyl (C=O) groups is 3. The third-order valence-electron chi connectivity index (χ3n) is 5.34. The first-order valence-corrected chi connectivity index (χ1v) is 9.90. The molecule has 5 atom stereocenters. The van der Waals surface area contributed by atoms with E-state index in [0.717, 1.165) is 0 Å². The zero-order valence-corrected chi connectivity index (χ0v) is 16.7. The summed E-state index contributed by atoms with van der Waals surface area (Å²) in [7, 11) is 0. The topological polar surface area (TPSA) is 95.9 Å². The van der Waals surface area contributed by atoms with E-state index in [1.54, 1.807) is 11.8 Å². The summed E-state index contributed by atoms with van der Waals surface area (Å²) in [5.74, 6) is -2.38. The van der Waals surface area contributed by atoms with Gasteiger partial charge in [-0.05, 0) is 39.5 Å². The molecule has 1 saturated heterocycles. The van der Waals surface area contributed by atoms with Crippen molar-refractivity contribution in [2.24, 2.45) is 23.7 Å². The quantitative estimate of drug-likeness (QED) is 0.374. The summed E-state index contributed by atoms with van der Waals surface area (Å²) in [4.78, 5) is 40.3. The van der Waals surface area contributed by atoms with Gasteiger partial charge >= 0.3 is 5.97 Å². The Morgan fingerprint density at radius 3 is 2.59 bits per heavy atom. The average Bonchev–Trinajstić information content (AvgIpc) is 2.87. The third kappa shape index (κ3) is 4.51. The number of fused-ring (bicyclic) bond motifs is 1. The second-order valence-electron chi connectivity index (χ2n) is 7.70. The molecule has 1 heterocycles. The maximum atomic E-state index is 13.2. The summed E-state index contributed by atoms with van der Waals surface area (Å²) in [6, 6.07) is -0.678. The number of carbonyl (C=O) groups excluding carboxylic acids is 3. The fraction of sp³-hybridized carbons (Fsp3) is 0.750. The van der Waals surface area contributed by atoms with Gasteiger partial charge in [-0.15, -0.1) is 0 Å². The lowest BCUT2D eigenvalue weighted by Crippen LogP contribution is -2.49. The van der Waals surface area contributed by atoms with Crippen molar-refractivity contribution in [3.05, 3.63) is 12.2 Å². The molecule has 2 N–H and O–H groups in total. The highest BCUT2D eigenvalue weighted by Gasteiger charge is 2.56. The lowest BCUT2D eigenvalue weighted by atomic mass is 9.70. The van der Waals surface area contributed by atoms with Gasteiger partial charge < -0.3 is 20.1 Å². The number of likely N-dealkylation sites (tertiary alicyclic amines) is 1. The van der Waals surface area contributed by atoms with E-state index in [4.69, 9.17) is 9.84 Å². The smallest absolute Gasteiger partial charge is 0.310 e. The van der Waals surface area contributed by atoms with Crippen molar-refractivity contribution in [1.82, 2.24) is 10.2 Å². The van der Waals surface area contributed by atoms with E-state index in [-0.39, 0.29) is 48.9 Å². The molecule has 152 valence electrons. The van der Waals surface area contributed by atoms with Crippen LogP contribution in [0.2, 0.25) is 0 Å². The molecule has 2 rings (SSSR count). The zero-order valence-electron chi connectivity index (χ0n) is 16.7. The predicted octanol–water partition coefficient (Wildman–Crippen LogP) is 1.11. The second kappa shape index (κ2) is 9.35. The molecule has 1 aliphatic carbocycles. The van der Waals surface area contributed by atoms with Crippen LogP contribution in [0.4, 0.5) is 0 Å². The van der Waals surface area contributed by atoms with Gasteiger partial charge in [0.25, 0.3) is 0 Å². The Labute approximate surface area is 161 Å². The monoisotopic (exact) mass is 380 g/mol. The van der Waals surface area contributed by atoms with Crippen LogP contribution < -0.4 is 5.32 Å². The molecule has 0 aromatic heterocycles. The Morgan fingerprint density at radius 2 is 2.00 bits per heavy atom. The minimum Gasteiger partial charge on any atom is -0.466 e. The number of allylic oxidation sites excluding steroid dienone is 1. The van der Waals surface area contributed by atoms with Gasteiger partial charge in [-0.2, -0.15) is 0 Å². The second-order valence-corrected chi connectivity index (χ2v) is 7.70. The van der Waals surface area contributed by atoms with Gasteiger partial charge in [0.1, 0.15) is 6.04 Å². The molecule has 0 saturated carbocycles. The van der Waals surface area contributed by atoms with Crippen molar-refractivity contribution in [3.8, 4) is 0 Å². The number of nitrogens with one attached hydrogen (secondary N) is 1. The van der Waals surface area contributed by atoms with Crippen molar-refractivity contribution in [2.75, 3.05) is 19.8 Å². The van der Waals surface area contributed by atoms with Crippen LogP contribution in [0, 0.1) is 23.7 Å². The molecule has 0 bridgehead atoms. The van der Waals surface area contributed by atoms with Crippen molar-refractivity contribution in [1.29, 1.82) is 0 Å². The largest absolute Gasteiger partial charge is 0.466 e. The number of esters is 1. The zero-order chi connectivity index (χ0) is 20.1. The van der Waals surface area contributed by atoms with Crippen molar-refractivity contribution >= 4 is 17.8 Å². The number of aliphatic hydroxyl groups excluding tert-OH is 1. The van der Waals surface area contributed by atoms with Crippen LogP contribution in [-0.2, 0) is 19.1 Å². The van der Waals surface area contributed by atoms with Gasteiger partial charge in [-0.25, -0.2) is 0 Å². The minimum absolute atomic E-state index is 0.0418. The van der Waals surface area contributed by atoms with Gasteiger partial charge in [0.05, 0.1) is 18.4 Å². The number of ether oxygens (including phenoxy) is 1. The Morgan fingerprint density at radius 1 is 1.30 bits per heavy atom. The van der Waals surface area contributed by atoms with Gasteiger partial charge in [0, 0.05) is 25.1 Å². The van der Waals surface area contributed by atoms with Crippen LogP contribution in [0.3, 0.4) is 0 Å². The highest BCUT2D eigenvalue weighted by atomic mass is 16.5. The van der Waals surface area contributed by atoms with E-state index in [9.17, 15) is 14.4 Å². The molecule has 0 aromatic rings. The summed E-state index contributed by atoms with van der Waals surface area (Å²) in [6.07, 6.45) is 5.00. The first kappa shape index (κ1) is 21.4. The van der Waals surface area contributed by atoms with Crippen LogP contribution in [0.5, 0.6) is 0 Å². The van der Waals surface area contributed by atoms with Crippen LogP contribution in [0.15, 0.2) is 12.2 Å². The molecule has 1 fully saturated rings. The molecule has 2 amide bonds. The summed E-state index contributed by atoms with van der Waals surface area (Å²) in [5, 5.41) is 12.0. The first-order chi connectivity index (χ1) is 12.8. The molecule has 27 heavy (non-hydrogen) atoms. The third-order valence-corrected chi connectivity index (χ3v) is 5.34. The molecular formula is C20H32N2O5. The number of unbranched alkanes of at least 4 members (excludes halogenated alkanes) is 1. The minimum atomic E-state index is -0.635. The summed E-state index contributed by atoms with van der Waals surface area (Å²) < 4.78 is 5.23. The van der Waals surface area contributed by atoms with E-state index in [1.165, 1.54) is 0 Å². The summed E-state index contributed by atoms with van der Waals surface area (Å²) in [5.41, 5.74) is 0. The average molecular weight is 380 g/mol. The van der Waals surface area contributed by atoms with Gasteiger partial charge in [-0.3, -0.25) is 14.4 Å². The fourth-order valence-electron chi connectivity index (χ4n) is 4.19. The standard InChI is InChI=1S/C20H32N2O5/c1-5-27-20(26)15-13(4)8-9-14-16(15)19(25)22(10-6-7-11-23)17(14)18(24)21-12(2)3/h8-9,12-17,23H,5-7,10-11H2,1-4H3,(H,21,24)/t13-,14+,15-,16+,17+/m1/s1. The molecular weight excluding hydrogens is 348 g/mol. The van der Waals surface area contributed by atoms with E-state index in [0.29, 0.717) is 19.4 Å². The number of nitrogens with zero attached hydrogens (tertiary/aromatic N) is 1. The lowest BCUT2D eigenvalue weighted by molar-refractivity contribution is -0.155. The fourth-order valence-corrected chi connectivity index (χ4v) is 4.19. The van der Waals surface area contributed by atoms with E-state index in [1.807, 2.05) is 32.9 Å². The van der Waals surface area contributed by atoms with Crippen molar-refractivity contribution in [3.63, 3.8) is 0 Å². The number of rotatable bonds is 8. The maximum absolute atomic E-state index is 13.2. The van der Waals surface area contributed by atoms with Crippen LogP contribution in [-0.4, -0.2) is 59.6 Å². The lowest BCUT2D eigenvalue weighted by Gasteiger charge is -2.32. The summed E-state index contributed by atoms with van der Waals surface area (Å²) in [6.45, 7) is 8.09. The number of hydrogen-bond acceptors (Lipinski definition) is 5. The van der Waals surface area contributed by atoms with Gasteiger partial charge in [0.2, 0.25) is 11.8 Å². The normalized spacial score (nSPS) is 29.8. The molecule has 7 heteroatoms. The Bertz CT molecular complexity index is 589. The molecule has 0 aromatic carbocycles. The van der Waals surface area contributed by atoms with Crippen LogP contribution >= 0.6 is 0 Å². The van der Waals surface area contributed by atoms with Crippen LogP contribution in [0.1, 0.15) is 40.5 Å². The summed E-state index contributed by atoms with van der Waals surface area (Å²) >= 11 is 0. The van der Waals surface area contributed by atoms with Crippen LogP contribution in [0.25, 0.3) is 0 Å². The molecule has 0 radical (unpaired) electrons. The molecule has 2 aliphatic rings. The van der Waals surface area contributed by atoms with Gasteiger partial charge in [-0.1, -0.05) is 19.1 Å². The van der Waals surface area contributed by atoms with E-state index < -0.39 is 17.9 Å². The van der Waals surface area contributed by atoms with E-state index >= 15 is 0 Å². The first-order valence-electron chi connectivity index (χ1n) is 9.90. The molecule has 7 nitrogen and oxygen atoms in total.